The number of halogens is 1. The standard InChI is InChI=1S/C15H23FN4O/c1-18(2)12-4-7-20(14(21)15(16)5-6-15)13(12)8-11-9-17-19(3)10-11/h9-10,12-13H,4-8H2,1-3H3/t12-,13+/m1/s1. The van der Waals surface area contributed by atoms with E-state index in [4.69, 9.17) is 0 Å². The molecule has 1 saturated carbocycles. The zero-order chi connectivity index (χ0) is 15.2. The van der Waals surface area contributed by atoms with Crippen LogP contribution in [0.4, 0.5) is 4.39 Å². The number of likely N-dealkylation sites (tertiary alicyclic amines) is 1. The van der Waals surface area contributed by atoms with Crippen LogP contribution in [0.15, 0.2) is 12.4 Å². The molecule has 1 aromatic rings. The van der Waals surface area contributed by atoms with Gasteiger partial charge >= 0.3 is 0 Å². The van der Waals surface area contributed by atoms with Gasteiger partial charge in [0.15, 0.2) is 5.67 Å². The van der Waals surface area contributed by atoms with E-state index in [0.29, 0.717) is 19.4 Å². The SMILES string of the molecule is CN(C)[C@@H]1CCN(C(=O)C2(F)CC2)[C@H]1Cc1cnn(C)c1. The van der Waals surface area contributed by atoms with E-state index in [9.17, 15) is 9.18 Å². The summed E-state index contributed by atoms with van der Waals surface area (Å²) in [7, 11) is 5.93. The number of alkyl halides is 1. The molecule has 3 rings (SSSR count). The lowest BCUT2D eigenvalue weighted by Gasteiger charge is -2.32. The van der Waals surface area contributed by atoms with Crippen LogP contribution in [0.3, 0.4) is 0 Å². The number of likely N-dealkylation sites (N-methyl/N-ethyl adjacent to an activating group) is 1. The summed E-state index contributed by atoms with van der Waals surface area (Å²) in [5, 5.41) is 4.19. The molecule has 21 heavy (non-hydrogen) atoms. The smallest absolute Gasteiger partial charge is 0.260 e. The lowest BCUT2D eigenvalue weighted by atomic mass is 10.0. The Kier molecular flexibility index (Phi) is 3.51. The number of nitrogens with zero attached hydrogens (tertiary/aromatic N) is 4. The molecule has 2 aliphatic rings. The van der Waals surface area contributed by atoms with Gasteiger partial charge in [-0.2, -0.15) is 5.10 Å². The predicted octanol–water partition coefficient (Wildman–Crippen LogP) is 0.996. The predicted molar refractivity (Wildman–Crippen MR) is 77.6 cm³/mol. The highest BCUT2D eigenvalue weighted by atomic mass is 19.1. The largest absolute Gasteiger partial charge is 0.335 e. The maximum Gasteiger partial charge on any atom is 0.260 e. The summed E-state index contributed by atoms with van der Waals surface area (Å²) in [6.45, 7) is 0.651. The monoisotopic (exact) mass is 294 g/mol. The summed E-state index contributed by atoms with van der Waals surface area (Å²) in [5.41, 5.74) is -0.480. The molecule has 1 amide bonds. The van der Waals surface area contributed by atoms with E-state index in [2.05, 4.69) is 10.00 Å². The van der Waals surface area contributed by atoms with Crippen molar-refractivity contribution in [3.8, 4) is 0 Å². The Balaban J connectivity index is 1.80. The van der Waals surface area contributed by atoms with Gasteiger partial charge in [0.05, 0.1) is 12.2 Å². The maximum atomic E-state index is 14.2. The summed E-state index contributed by atoms with van der Waals surface area (Å²) >= 11 is 0. The fourth-order valence-electron chi connectivity index (χ4n) is 3.34. The van der Waals surface area contributed by atoms with E-state index in [1.54, 1.807) is 9.58 Å². The maximum absolute atomic E-state index is 14.2. The molecule has 0 unspecified atom stereocenters. The number of aryl methyl sites for hydroxylation is 1. The van der Waals surface area contributed by atoms with E-state index in [1.807, 2.05) is 33.5 Å². The minimum Gasteiger partial charge on any atom is -0.335 e. The second-order valence-corrected chi connectivity index (χ2v) is 6.58. The Labute approximate surface area is 124 Å². The lowest BCUT2D eigenvalue weighted by molar-refractivity contribution is -0.139. The summed E-state index contributed by atoms with van der Waals surface area (Å²) in [6, 6.07) is 0.307. The van der Waals surface area contributed by atoms with Gasteiger partial charge in [0.2, 0.25) is 0 Å². The average molecular weight is 294 g/mol. The van der Waals surface area contributed by atoms with Crippen LogP contribution in [0.2, 0.25) is 0 Å². The molecule has 0 N–H and O–H groups in total. The van der Waals surface area contributed by atoms with E-state index < -0.39 is 5.67 Å². The first-order valence-electron chi connectivity index (χ1n) is 7.55. The van der Waals surface area contributed by atoms with Crippen LogP contribution in [0.25, 0.3) is 0 Å². The van der Waals surface area contributed by atoms with Crippen molar-refractivity contribution in [2.75, 3.05) is 20.6 Å². The van der Waals surface area contributed by atoms with Gasteiger partial charge in [-0.05, 0) is 45.3 Å². The zero-order valence-electron chi connectivity index (χ0n) is 12.9. The summed E-state index contributed by atoms with van der Waals surface area (Å²) in [5.74, 6) is -0.305. The average Bonchev–Trinajstić information content (AvgIpc) is 2.85. The van der Waals surface area contributed by atoms with Gasteiger partial charge < -0.3 is 9.80 Å². The molecule has 116 valence electrons. The van der Waals surface area contributed by atoms with Crippen LogP contribution in [-0.4, -0.2) is 63.9 Å². The zero-order valence-corrected chi connectivity index (χ0v) is 12.9. The molecule has 2 heterocycles. The van der Waals surface area contributed by atoms with Crippen molar-refractivity contribution in [2.45, 2.75) is 43.4 Å². The molecule has 0 aromatic carbocycles. The minimum atomic E-state index is -1.58. The molecule has 0 radical (unpaired) electrons. The third-order valence-electron chi connectivity index (χ3n) is 4.71. The number of rotatable bonds is 4. The minimum absolute atomic E-state index is 0.0323. The van der Waals surface area contributed by atoms with Crippen LogP contribution in [-0.2, 0) is 18.3 Å². The number of carbonyl (C=O) groups is 1. The summed E-state index contributed by atoms with van der Waals surface area (Å²) < 4.78 is 15.9. The Morgan fingerprint density at radius 3 is 2.76 bits per heavy atom. The van der Waals surface area contributed by atoms with E-state index >= 15 is 0 Å². The van der Waals surface area contributed by atoms with Crippen LogP contribution in [0, 0.1) is 0 Å². The van der Waals surface area contributed by atoms with Crippen molar-refractivity contribution >= 4 is 5.91 Å². The molecule has 6 heteroatoms. The van der Waals surface area contributed by atoms with Crippen molar-refractivity contribution in [1.82, 2.24) is 19.6 Å². The van der Waals surface area contributed by atoms with Crippen LogP contribution < -0.4 is 0 Å². The third kappa shape index (κ3) is 2.69. The number of amides is 1. The number of aromatic nitrogens is 2. The van der Waals surface area contributed by atoms with E-state index in [-0.39, 0.29) is 18.0 Å². The summed E-state index contributed by atoms with van der Waals surface area (Å²) in [6.07, 6.45) is 6.20. The number of hydrogen-bond acceptors (Lipinski definition) is 3. The van der Waals surface area contributed by atoms with E-state index in [0.717, 1.165) is 18.4 Å². The Hall–Kier alpha value is -1.43. The highest BCUT2D eigenvalue weighted by Crippen LogP contribution is 2.43. The Morgan fingerprint density at radius 2 is 2.24 bits per heavy atom. The van der Waals surface area contributed by atoms with Gasteiger partial charge in [-0.3, -0.25) is 9.48 Å². The van der Waals surface area contributed by atoms with E-state index in [1.165, 1.54) is 0 Å². The molecule has 1 aliphatic carbocycles. The molecule has 0 bridgehead atoms. The quantitative estimate of drug-likeness (QED) is 0.832. The van der Waals surface area contributed by atoms with Gasteiger partial charge in [-0.1, -0.05) is 0 Å². The molecule has 1 aliphatic heterocycles. The van der Waals surface area contributed by atoms with Gasteiger partial charge in [0, 0.05) is 25.8 Å². The molecular formula is C15H23FN4O. The second-order valence-electron chi connectivity index (χ2n) is 6.58. The number of hydrogen-bond donors (Lipinski definition) is 0. The van der Waals surface area contributed by atoms with Crippen LogP contribution in [0.1, 0.15) is 24.8 Å². The van der Waals surface area contributed by atoms with Gasteiger partial charge in [-0.25, -0.2) is 4.39 Å². The highest BCUT2D eigenvalue weighted by Gasteiger charge is 2.55. The molecule has 2 fully saturated rings. The molecule has 0 spiro atoms. The lowest BCUT2D eigenvalue weighted by Crippen LogP contribution is -2.48. The van der Waals surface area contributed by atoms with Crippen molar-refractivity contribution < 1.29 is 9.18 Å². The first-order chi connectivity index (χ1) is 9.90. The molecule has 1 saturated heterocycles. The molecular weight excluding hydrogens is 271 g/mol. The van der Waals surface area contributed by atoms with Gasteiger partial charge in [-0.15, -0.1) is 0 Å². The van der Waals surface area contributed by atoms with Gasteiger partial charge in [0.25, 0.3) is 5.91 Å². The van der Waals surface area contributed by atoms with Crippen molar-refractivity contribution in [1.29, 1.82) is 0 Å². The molecule has 2 atom stereocenters. The Bertz CT molecular complexity index is 538. The second kappa shape index (κ2) is 5.09. The van der Waals surface area contributed by atoms with Crippen LogP contribution in [0.5, 0.6) is 0 Å². The first-order valence-corrected chi connectivity index (χ1v) is 7.55. The van der Waals surface area contributed by atoms with Crippen molar-refractivity contribution in [2.24, 2.45) is 7.05 Å². The third-order valence-corrected chi connectivity index (χ3v) is 4.71. The van der Waals surface area contributed by atoms with Crippen molar-refractivity contribution in [3.63, 3.8) is 0 Å². The van der Waals surface area contributed by atoms with Crippen LogP contribution >= 0.6 is 0 Å². The van der Waals surface area contributed by atoms with Crippen molar-refractivity contribution in [3.05, 3.63) is 18.0 Å². The normalized spacial score (nSPS) is 27.4. The fourth-order valence-corrected chi connectivity index (χ4v) is 3.34. The first kappa shape index (κ1) is 14.5. The number of carbonyl (C=O) groups excluding carboxylic acids is 1. The van der Waals surface area contributed by atoms with Gasteiger partial charge in [0.1, 0.15) is 0 Å². The fraction of sp³-hybridized carbons (Fsp3) is 0.733. The highest BCUT2D eigenvalue weighted by molar-refractivity contribution is 5.88. The molecule has 5 nitrogen and oxygen atoms in total. The molecule has 1 aromatic heterocycles. The summed E-state index contributed by atoms with van der Waals surface area (Å²) in [4.78, 5) is 16.3. The Morgan fingerprint density at radius 1 is 1.52 bits per heavy atom. The topological polar surface area (TPSA) is 41.4 Å².